The number of hydrogen-bond donors (Lipinski definition) is 3. The molecule has 3 heterocycles. The highest BCUT2D eigenvalue weighted by Gasteiger charge is 2.18. The van der Waals surface area contributed by atoms with E-state index in [1.807, 2.05) is 36.4 Å². The first-order valence-electron chi connectivity index (χ1n) is 7.98. The summed E-state index contributed by atoms with van der Waals surface area (Å²) in [6.07, 6.45) is 3.28. The van der Waals surface area contributed by atoms with Crippen molar-refractivity contribution >= 4 is 44.6 Å². The number of fused-ring (bicyclic) bond motifs is 1. The van der Waals surface area contributed by atoms with Gasteiger partial charge >= 0.3 is 5.97 Å². The van der Waals surface area contributed by atoms with E-state index < -0.39 is 5.97 Å². The number of ether oxygens (including phenoxy) is 1. The van der Waals surface area contributed by atoms with Gasteiger partial charge in [0.25, 0.3) is 0 Å². The lowest BCUT2D eigenvalue weighted by atomic mass is 10.2. The van der Waals surface area contributed by atoms with Crippen LogP contribution in [-0.4, -0.2) is 21.0 Å². The van der Waals surface area contributed by atoms with Gasteiger partial charge in [-0.25, -0.2) is 14.8 Å². The maximum Gasteiger partial charge on any atom is 0.348 e. The molecule has 0 fully saturated rings. The van der Waals surface area contributed by atoms with Gasteiger partial charge in [0, 0.05) is 24.1 Å². The molecule has 0 spiro atoms. The SMILES string of the molecule is Nc1c(C(=O)O)sc2nccc(Nc3ccc(Oc4ccccn4)cc3)c12. The fourth-order valence-electron chi connectivity index (χ4n) is 2.60. The summed E-state index contributed by atoms with van der Waals surface area (Å²) >= 11 is 1.06. The van der Waals surface area contributed by atoms with Gasteiger partial charge in [-0.3, -0.25) is 0 Å². The Morgan fingerprint density at radius 1 is 1.07 bits per heavy atom. The van der Waals surface area contributed by atoms with Gasteiger partial charge in [-0.05, 0) is 36.4 Å². The molecule has 0 bridgehead atoms. The summed E-state index contributed by atoms with van der Waals surface area (Å²) in [5, 5.41) is 13.1. The predicted octanol–water partition coefficient (Wildman–Crippen LogP) is 4.51. The average molecular weight is 378 g/mol. The molecule has 8 heteroatoms. The van der Waals surface area contributed by atoms with Crippen LogP contribution in [0.3, 0.4) is 0 Å². The number of aromatic nitrogens is 2. The van der Waals surface area contributed by atoms with Gasteiger partial charge in [-0.1, -0.05) is 6.07 Å². The molecule has 0 amide bonds. The summed E-state index contributed by atoms with van der Waals surface area (Å²) in [6.45, 7) is 0. The molecule has 7 nitrogen and oxygen atoms in total. The van der Waals surface area contributed by atoms with Crippen molar-refractivity contribution in [1.82, 2.24) is 9.97 Å². The monoisotopic (exact) mass is 378 g/mol. The second kappa shape index (κ2) is 6.93. The number of anilines is 3. The number of carboxylic acids is 1. The second-order valence-corrected chi connectivity index (χ2v) is 6.61. The first-order chi connectivity index (χ1) is 13.1. The lowest BCUT2D eigenvalue weighted by molar-refractivity contribution is 0.0703. The van der Waals surface area contributed by atoms with Crippen molar-refractivity contribution in [2.45, 2.75) is 0 Å². The van der Waals surface area contributed by atoms with E-state index in [1.165, 1.54) is 0 Å². The van der Waals surface area contributed by atoms with E-state index in [-0.39, 0.29) is 10.6 Å². The number of nitrogens with one attached hydrogen (secondary N) is 1. The van der Waals surface area contributed by atoms with E-state index in [4.69, 9.17) is 10.5 Å². The molecule has 134 valence electrons. The number of nitrogens with zero attached hydrogens (tertiary/aromatic N) is 2. The van der Waals surface area contributed by atoms with Gasteiger partial charge in [-0.2, -0.15) is 0 Å². The number of benzene rings is 1. The zero-order valence-corrected chi connectivity index (χ0v) is 14.7. The quantitative estimate of drug-likeness (QED) is 0.469. The lowest BCUT2D eigenvalue weighted by Crippen LogP contribution is -1.98. The molecule has 4 aromatic rings. The van der Waals surface area contributed by atoms with Crippen molar-refractivity contribution in [2.24, 2.45) is 0 Å². The van der Waals surface area contributed by atoms with Crippen molar-refractivity contribution in [3.05, 3.63) is 65.8 Å². The van der Waals surface area contributed by atoms with Crippen LogP contribution in [-0.2, 0) is 0 Å². The van der Waals surface area contributed by atoms with Crippen LogP contribution in [0.25, 0.3) is 10.2 Å². The first-order valence-corrected chi connectivity index (χ1v) is 8.80. The van der Waals surface area contributed by atoms with Crippen LogP contribution >= 0.6 is 11.3 Å². The zero-order chi connectivity index (χ0) is 18.8. The molecule has 4 N–H and O–H groups in total. The summed E-state index contributed by atoms with van der Waals surface area (Å²) < 4.78 is 5.67. The molecule has 0 aliphatic heterocycles. The summed E-state index contributed by atoms with van der Waals surface area (Å²) in [6, 6.07) is 14.5. The van der Waals surface area contributed by atoms with Crippen molar-refractivity contribution < 1.29 is 14.6 Å². The number of carbonyl (C=O) groups is 1. The van der Waals surface area contributed by atoms with E-state index >= 15 is 0 Å². The molecule has 0 unspecified atom stereocenters. The molecule has 1 aromatic carbocycles. The van der Waals surface area contributed by atoms with Crippen LogP contribution in [0, 0.1) is 0 Å². The summed E-state index contributed by atoms with van der Waals surface area (Å²) in [7, 11) is 0. The largest absolute Gasteiger partial charge is 0.477 e. The Morgan fingerprint density at radius 2 is 1.89 bits per heavy atom. The van der Waals surface area contributed by atoms with Crippen molar-refractivity contribution in [3.63, 3.8) is 0 Å². The summed E-state index contributed by atoms with van der Waals surface area (Å²) in [4.78, 5) is 20.3. The number of pyridine rings is 2. The van der Waals surface area contributed by atoms with Gasteiger partial charge in [0.05, 0.1) is 16.8 Å². The van der Waals surface area contributed by atoms with Crippen molar-refractivity contribution in [1.29, 1.82) is 0 Å². The van der Waals surface area contributed by atoms with Crippen LogP contribution < -0.4 is 15.8 Å². The Morgan fingerprint density at radius 3 is 2.59 bits per heavy atom. The Labute approximate surface area is 158 Å². The van der Waals surface area contributed by atoms with Crippen molar-refractivity contribution in [2.75, 3.05) is 11.1 Å². The number of thiophene rings is 1. The fourth-order valence-corrected chi connectivity index (χ4v) is 3.53. The van der Waals surface area contributed by atoms with Gasteiger partial charge in [-0.15, -0.1) is 11.3 Å². The topological polar surface area (TPSA) is 110 Å². The maximum atomic E-state index is 11.3. The molecule has 0 saturated carbocycles. The highest BCUT2D eigenvalue weighted by atomic mass is 32.1. The highest BCUT2D eigenvalue weighted by Crippen LogP contribution is 2.38. The second-order valence-electron chi connectivity index (χ2n) is 5.61. The van der Waals surface area contributed by atoms with E-state index in [0.717, 1.165) is 17.0 Å². The number of rotatable bonds is 5. The number of nitrogen functional groups attached to an aromatic ring is 1. The van der Waals surface area contributed by atoms with Crippen LogP contribution in [0.2, 0.25) is 0 Å². The molecule has 0 saturated heterocycles. The van der Waals surface area contributed by atoms with Crippen LogP contribution in [0.15, 0.2) is 60.9 Å². The molecule has 0 aliphatic rings. The number of carboxylic acid groups (broad SMARTS) is 1. The Bertz CT molecular complexity index is 1110. The van der Waals surface area contributed by atoms with Crippen LogP contribution in [0.5, 0.6) is 11.6 Å². The van der Waals surface area contributed by atoms with Gasteiger partial charge in [0.15, 0.2) is 0 Å². The molecular weight excluding hydrogens is 364 g/mol. The molecule has 0 radical (unpaired) electrons. The molecule has 3 aromatic heterocycles. The summed E-state index contributed by atoms with van der Waals surface area (Å²) in [5.41, 5.74) is 7.74. The Kier molecular flexibility index (Phi) is 4.31. The zero-order valence-electron chi connectivity index (χ0n) is 13.9. The smallest absolute Gasteiger partial charge is 0.348 e. The van der Waals surface area contributed by atoms with Gasteiger partial charge in [0.2, 0.25) is 5.88 Å². The molecular formula is C19H14N4O3S. The maximum absolute atomic E-state index is 11.3. The van der Waals surface area contributed by atoms with E-state index in [9.17, 15) is 9.90 Å². The average Bonchev–Trinajstić information content (AvgIpc) is 3.02. The predicted molar refractivity (Wildman–Crippen MR) is 105 cm³/mol. The Balaban J connectivity index is 1.60. The van der Waals surface area contributed by atoms with E-state index in [1.54, 1.807) is 24.5 Å². The number of aromatic carboxylic acids is 1. The molecule has 27 heavy (non-hydrogen) atoms. The molecule has 0 atom stereocenters. The fraction of sp³-hybridized carbons (Fsp3) is 0. The van der Waals surface area contributed by atoms with Crippen LogP contribution in [0.4, 0.5) is 17.1 Å². The lowest BCUT2D eigenvalue weighted by Gasteiger charge is -2.10. The Hall–Kier alpha value is -3.65. The molecule has 4 rings (SSSR count). The van der Waals surface area contributed by atoms with Gasteiger partial charge < -0.3 is 20.9 Å². The minimum atomic E-state index is -1.06. The first kappa shape index (κ1) is 16.8. The van der Waals surface area contributed by atoms with Crippen LogP contribution in [0.1, 0.15) is 9.67 Å². The van der Waals surface area contributed by atoms with E-state index in [0.29, 0.717) is 27.5 Å². The minimum absolute atomic E-state index is 0.0888. The van der Waals surface area contributed by atoms with Crippen molar-refractivity contribution in [3.8, 4) is 11.6 Å². The minimum Gasteiger partial charge on any atom is -0.477 e. The van der Waals surface area contributed by atoms with Gasteiger partial charge in [0.1, 0.15) is 15.5 Å². The normalized spacial score (nSPS) is 10.7. The standard InChI is InChI=1S/C19H14N4O3S/c20-16-15-13(8-10-22-18(15)27-17(16)19(24)25)23-11-4-6-12(7-5-11)26-14-3-1-2-9-21-14/h1-10H,20H2,(H,22,23)(H,24,25). The molecule has 0 aliphatic carbocycles. The number of hydrogen-bond acceptors (Lipinski definition) is 7. The third-order valence-corrected chi connectivity index (χ3v) is 4.92. The summed E-state index contributed by atoms with van der Waals surface area (Å²) in [5.74, 6) is 0.112. The van der Waals surface area contributed by atoms with E-state index in [2.05, 4.69) is 15.3 Å². The highest BCUT2D eigenvalue weighted by molar-refractivity contribution is 7.21. The third kappa shape index (κ3) is 3.38. The third-order valence-electron chi connectivity index (χ3n) is 3.82. The number of nitrogens with two attached hydrogens (primary N) is 1.